The molecule has 0 aliphatic rings. The SMILES string of the molecule is CCC[C@H](NC(=O)COC(=O)c1ccc(Oc2ccccc2)cc1)c1ccccc1. The minimum atomic E-state index is -0.553. The van der Waals surface area contributed by atoms with E-state index in [1.165, 1.54) is 0 Å². The Balaban J connectivity index is 1.51. The highest BCUT2D eigenvalue weighted by molar-refractivity contribution is 5.91. The van der Waals surface area contributed by atoms with Crippen molar-refractivity contribution >= 4 is 11.9 Å². The Morgan fingerprint density at radius 1 is 0.833 bits per heavy atom. The predicted molar refractivity (Wildman–Crippen MR) is 115 cm³/mol. The van der Waals surface area contributed by atoms with Crippen LogP contribution < -0.4 is 10.1 Å². The van der Waals surface area contributed by atoms with Crippen molar-refractivity contribution in [1.29, 1.82) is 0 Å². The maximum Gasteiger partial charge on any atom is 0.338 e. The molecule has 3 rings (SSSR count). The van der Waals surface area contributed by atoms with Gasteiger partial charge in [-0.05, 0) is 48.4 Å². The third-order valence-corrected chi connectivity index (χ3v) is 4.52. The third kappa shape index (κ3) is 6.21. The zero-order chi connectivity index (χ0) is 21.2. The second-order valence-electron chi connectivity index (χ2n) is 6.84. The number of carbonyl (C=O) groups excluding carboxylic acids is 2. The second-order valence-corrected chi connectivity index (χ2v) is 6.84. The van der Waals surface area contributed by atoms with E-state index >= 15 is 0 Å². The van der Waals surface area contributed by atoms with Crippen molar-refractivity contribution in [2.75, 3.05) is 6.61 Å². The minimum absolute atomic E-state index is 0.100. The number of carbonyl (C=O) groups is 2. The van der Waals surface area contributed by atoms with Gasteiger partial charge in [-0.2, -0.15) is 0 Å². The quantitative estimate of drug-likeness (QED) is 0.493. The van der Waals surface area contributed by atoms with Crippen molar-refractivity contribution in [3.05, 3.63) is 96.1 Å². The van der Waals surface area contributed by atoms with Gasteiger partial charge in [-0.15, -0.1) is 0 Å². The number of ether oxygens (including phenoxy) is 2. The summed E-state index contributed by atoms with van der Waals surface area (Å²) >= 11 is 0. The summed E-state index contributed by atoms with van der Waals surface area (Å²) in [7, 11) is 0. The van der Waals surface area contributed by atoms with E-state index in [0.717, 1.165) is 18.4 Å². The molecule has 0 spiro atoms. The van der Waals surface area contributed by atoms with Gasteiger partial charge in [0.2, 0.25) is 0 Å². The lowest BCUT2D eigenvalue weighted by molar-refractivity contribution is -0.125. The summed E-state index contributed by atoms with van der Waals surface area (Å²) in [4.78, 5) is 24.5. The van der Waals surface area contributed by atoms with Gasteiger partial charge in [-0.1, -0.05) is 61.9 Å². The summed E-state index contributed by atoms with van der Waals surface area (Å²) in [6.45, 7) is 1.74. The van der Waals surface area contributed by atoms with E-state index in [1.54, 1.807) is 24.3 Å². The van der Waals surface area contributed by atoms with Crippen LogP contribution in [0.4, 0.5) is 0 Å². The van der Waals surface area contributed by atoms with E-state index in [1.807, 2.05) is 60.7 Å². The second kappa shape index (κ2) is 10.8. The molecule has 1 N–H and O–H groups in total. The normalized spacial score (nSPS) is 11.4. The van der Waals surface area contributed by atoms with E-state index in [0.29, 0.717) is 17.1 Å². The molecule has 0 fully saturated rings. The van der Waals surface area contributed by atoms with Crippen LogP contribution in [-0.2, 0) is 9.53 Å². The number of hydrogen-bond donors (Lipinski definition) is 1. The molecule has 3 aromatic rings. The summed E-state index contributed by atoms with van der Waals surface area (Å²) in [5.41, 5.74) is 1.39. The fourth-order valence-electron chi connectivity index (χ4n) is 3.03. The van der Waals surface area contributed by atoms with Gasteiger partial charge in [0.05, 0.1) is 11.6 Å². The smallest absolute Gasteiger partial charge is 0.338 e. The molecule has 1 atom stereocenters. The number of benzene rings is 3. The van der Waals surface area contributed by atoms with Crippen LogP contribution in [0.5, 0.6) is 11.5 Å². The first-order chi connectivity index (χ1) is 14.7. The molecule has 0 bridgehead atoms. The molecule has 154 valence electrons. The molecule has 30 heavy (non-hydrogen) atoms. The molecule has 5 nitrogen and oxygen atoms in total. The summed E-state index contributed by atoms with van der Waals surface area (Å²) in [6, 6.07) is 25.7. The third-order valence-electron chi connectivity index (χ3n) is 4.52. The molecular formula is C25H25NO4. The number of amides is 1. The van der Waals surface area contributed by atoms with E-state index in [4.69, 9.17) is 9.47 Å². The number of para-hydroxylation sites is 1. The zero-order valence-electron chi connectivity index (χ0n) is 16.9. The van der Waals surface area contributed by atoms with Crippen molar-refractivity contribution in [3.63, 3.8) is 0 Å². The Bertz CT molecular complexity index is 940. The van der Waals surface area contributed by atoms with Crippen LogP contribution in [0.3, 0.4) is 0 Å². The molecule has 0 radical (unpaired) electrons. The monoisotopic (exact) mass is 403 g/mol. The Labute approximate surface area is 176 Å². The van der Waals surface area contributed by atoms with Gasteiger partial charge in [0.25, 0.3) is 5.91 Å². The average molecular weight is 403 g/mol. The van der Waals surface area contributed by atoms with E-state index in [-0.39, 0.29) is 18.6 Å². The zero-order valence-corrected chi connectivity index (χ0v) is 16.9. The lowest BCUT2D eigenvalue weighted by atomic mass is 10.0. The molecule has 0 saturated heterocycles. The molecule has 0 unspecified atom stereocenters. The van der Waals surface area contributed by atoms with E-state index in [2.05, 4.69) is 12.2 Å². The highest BCUT2D eigenvalue weighted by atomic mass is 16.5. The highest BCUT2D eigenvalue weighted by Crippen LogP contribution is 2.21. The van der Waals surface area contributed by atoms with Crippen LogP contribution >= 0.6 is 0 Å². The van der Waals surface area contributed by atoms with Crippen LogP contribution in [0, 0.1) is 0 Å². The highest BCUT2D eigenvalue weighted by Gasteiger charge is 2.16. The summed E-state index contributed by atoms with van der Waals surface area (Å²) in [6.07, 6.45) is 1.74. The molecular weight excluding hydrogens is 378 g/mol. The Hall–Kier alpha value is -3.60. The van der Waals surface area contributed by atoms with Crippen molar-refractivity contribution in [2.24, 2.45) is 0 Å². The molecule has 0 aliphatic carbocycles. The Morgan fingerprint density at radius 3 is 2.07 bits per heavy atom. The number of rotatable bonds is 9. The first-order valence-corrected chi connectivity index (χ1v) is 10.00. The molecule has 0 saturated carbocycles. The molecule has 0 heterocycles. The van der Waals surface area contributed by atoms with Gasteiger partial charge in [-0.3, -0.25) is 4.79 Å². The predicted octanol–water partition coefficient (Wildman–Crippen LogP) is 5.29. The maximum absolute atomic E-state index is 12.3. The fraction of sp³-hybridized carbons (Fsp3) is 0.200. The molecule has 5 heteroatoms. The van der Waals surface area contributed by atoms with Crippen LogP contribution in [0.2, 0.25) is 0 Å². The van der Waals surface area contributed by atoms with Crippen molar-refractivity contribution < 1.29 is 19.1 Å². The topological polar surface area (TPSA) is 64.6 Å². The first-order valence-electron chi connectivity index (χ1n) is 10.00. The van der Waals surface area contributed by atoms with Gasteiger partial charge in [0, 0.05) is 0 Å². The number of esters is 1. The van der Waals surface area contributed by atoms with Gasteiger partial charge in [0.1, 0.15) is 11.5 Å². The van der Waals surface area contributed by atoms with Crippen LogP contribution in [0.15, 0.2) is 84.9 Å². The van der Waals surface area contributed by atoms with E-state index < -0.39 is 5.97 Å². The molecule has 0 aromatic heterocycles. The standard InChI is InChI=1S/C25H25NO4/c1-2-9-23(19-10-5-3-6-11-19)26-24(27)18-29-25(28)20-14-16-22(17-15-20)30-21-12-7-4-8-13-21/h3-8,10-17,23H,2,9,18H2,1H3,(H,26,27)/t23-/m0/s1. The van der Waals surface area contributed by atoms with Gasteiger partial charge in [-0.25, -0.2) is 4.79 Å². The van der Waals surface area contributed by atoms with Crippen molar-refractivity contribution in [1.82, 2.24) is 5.32 Å². The number of nitrogens with one attached hydrogen (secondary N) is 1. The molecule has 1 amide bonds. The minimum Gasteiger partial charge on any atom is -0.457 e. The van der Waals surface area contributed by atoms with Crippen molar-refractivity contribution in [3.8, 4) is 11.5 Å². The lowest BCUT2D eigenvalue weighted by Gasteiger charge is -2.18. The fourth-order valence-corrected chi connectivity index (χ4v) is 3.03. The summed E-state index contributed by atoms with van der Waals surface area (Å²) in [5, 5.41) is 2.94. The average Bonchev–Trinajstić information content (AvgIpc) is 2.79. The Kier molecular flexibility index (Phi) is 7.61. The van der Waals surface area contributed by atoms with Crippen LogP contribution in [0.25, 0.3) is 0 Å². The van der Waals surface area contributed by atoms with Gasteiger partial charge < -0.3 is 14.8 Å². The lowest BCUT2D eigenvalue weighted by Crippen LogP contribution is -2.32. The molecule has 0 aliphatic heterocycles. The Morgan fingerprint density at radius 2 is 1.43 bits per heavy atom. The molecule has 3 aromatic carbocycles. The summed E-state index contributed by atoms with van der Waals surface area (Å²) in [5.74, 6) is 0.447. The summed E-state index contributed by atoms with van der Waals surface area (Å²) < 4.78 is 10.9. The van der Waals surface area contributed by atoms with Crippen molar-refractivity contribution in [2.45, 2.75) is 25.8 Å². The van der Waals surface area contributed by atoms with Gasteiger partial charge >= 0.3 is 5.97 Å². The number of hydrogen-bond acceptors (Lipinski definition) is 4. The van der Waals surface area contributed by atoms with Crippen LogP contribution in [-0.4, -0.2) is 18.5 Å². The largest absolute Gasteiger partial charge is 0.457 e. The first kappa shape index (κ1) is 21.1. The van der Waals surface area contributed by atoms with Crippen LogP contribution in [0.1, 0.15) is 41.7 Å². The maximum atomic E-state index is 12.3. The van der Waals surface area contributed by atoms with E-state index in [9.17, 15) is 9.59 Å². The van der Waals surface area contributed by atoms with Gasteiger partial charge in [0.15, 0.2) is 6.61 Å².